The standard InChI is InChI=1S/C23H19FN6O2S2/c1-14-11-33-22(19(14)21(32)29-26-10-15-4-3-7-18(24)9-15)28-20(31)17-6-2-5-16(8-17)12-34-23-25-13-27-30-23/h2-11,13H,12H2,1H3,(H,28,31)(H,29,32)(H,25,27,30). The summed E-state index contributed by atoms with van der Waals surface area (Å²) >= 11 is 2.70. The number of H-pyrrole nitrogens is 1. The fourth-order valence-corrected chi connectivity index (χ4v) is 4.67. The van der Waals surface area contributed by atoms with Crippen LogP contribution in [0.4, 0.5) is 9.39 Å². The molecule has 2 aromatic heterocycles. The van der Waals surface area contributed by atoms with E-state index in [0.29, 0.717) is 38.2 Å². The van der Waals surface area contributed by atoms with Crippen LogP contribution in [0.5, 0.6) is 0 Å². The first-order valence-electron chi connectivity index (χ1n) is 10.1. The highest BCUT2D eigenvalue weighted by atomic mass is 32.2. The third-order valence-corrected chi connectivity index (χ3v) is 6.55. The second-order valence-corrected chi connectivity index (χ2v) is 8.92. The van der Waals surface area contributed by atoms with Crippen LogP contribution in [0.1, 0.15) is 37.4 Å². The third kappa shape index (κ3) is 5.94. The van der Waals surface area contributed by atoms with E-state index < -0.39 is 11.7 Å². The predicted octanol–water partition coefficient (Wildman–Crippen LogP) is 4.62. The molecular weight excluding hydrogens is 475 g/mol. The molecule has 0 saturated carbocycles. The van der Waals surface area contributed by atoms with E-state index >= 15 is 0 Å². The molecule has 2 amide bonds. The van der Waals surface area contributed by atoms with Gasteiger partial charge in [0.2, 0.25) is 5.16 Å². The zero-order valence-corrected chi connectivity index (χ0v) is 19.5. The SMILES string of the molecule is Cc1csc(NC(=O)c2cccc(CSc3nc[nH]n3)c2)c1C(=O)NN=Cc1cccc(F)c1. The van der Waals surface area contributed by atoms with Crippen LogP contribution in [0.3, 0.4) is 0 Å². The molecule has 172 valence electrons. The summed E-state index contributed by atoms with van der Waals surface area (Å²) in [5.41, 5.74) is 5.38. The molecule has 2 aromatic carbocycles. The number of halogens is 1. The molecule has 0 bridgehead atoms. The monoisotopic (exact) mass is 494 g/mol. The van der Waals surface area contributed by atoms with Crippen molar-refractivity contribution in [3.63, 3.8) is 0 Å². The van der Waals surface area contributed by atoms with Crippen molar-refractivity contribution in [2.45, 2.75) is 17.8 Å². The van der Waals surface area contributed by atoms with Crippen LogP contribution in [0.25, 0.3) is 0 Å². The number of nitrogens with one attached hydrogen (secondary N) is 3. The molecule has 0 atom stereocenters. The Morgan fingerprint density at radius 2 is 2.06 bits per heavy atom. The van der Waals surface area contributed by atoms with Crippen LogP contribution in [-0.4, -0.2) is 33.2 Å². The van der Waals surface area contributed by atoms with E-state index in [9.17, 15) is 14.0 Å². The summed E-state index contributed by atoms with van der Waals surface area (Å²) in [6.07, 6.45) is 2.86. The molecule has 0 fully saturated rings. The number of anilines is 1. The van der Waals surface area contributed by atoms with Crippen LogP contribution >= 0.6 is 23.1 Å². The molecule has 8 nitrogen and oxygen atoms in total. The lowest BCUT2D eigenvalue weighted by atomic mass is 10.1. The molecule has 0 aliphatic heterocycles. The van der Waals surface area contributed by atoms with Crippen LogP contribution in [0.15, 0.2) is 70.5 Å². The summed E-state index contributed by atoms with van der Waals surface area (Å²) in [6, 6.07) is 13.1. The van der Waals surface area contributed by atoms with Gasteiger partial charge in [0, 0.05) is 11.3 Å². The Morgan fingerprint density at radius 3 is 2.85 bits per heavy atom. The van der Waals surface area contributed by atoms with Crippen molar-refractivity contribution in [1.29, 1.82) is 0 Å². The van der Waals surface area contributed by atoms with Gasteiger partial charge in [0.15, 0.2) is 0 Å². The number of hydrogen-bond donors (Lipinski definition) is 3. The molecule has 4 aromatic rings. The number of carbonyl (C=O) groups is 2. The quantitative estimate of drug-likeness (QED) is 0.188. The summed E-state index contributed by atoms with van der Waals surface area (Å²) < 4.78 is 13.3. The van der Waals surface area contributed by atoms with E-state index in [4.69, 9.17) is 0 Å². The Morgan fingerprint density at radius 1 is 1.21 bits per heavy atom. The summed E-state index contributed by atoms with van der Waals surface area (Å²) in [7, 11) is 0. The minimum Gasteiger partial charge on any atom is -0.313 e. The number of hydrogen-bond acceptors (Lipinski definition) is 7. The largest absolute Gasteiger partial charge is 0.313 e. The third-order valence-electron chi connectivity index (χ3n) is 4.61. The zero-order valence-electron chi connectivity index (χ0n) is 17.9. The molecule has 0 saturated heterocycles. The average Bonchev–Trinajstić information content (AvgIpc) is 3.47. The van der Waals surface area contributed by atoms with E-state index in [1.54, 1.807) is 42.6 Å². The molecule has 0 aliphatic rings. The molecule has 3 N–H and O–H groups in total. The van der Waals surface area contributed by atoms with E-state index in [0.717, 1.165) is 5.56 Å². The Balaban J connectivity index is 1.42. The van der Waals surface area contributed by atoms with Gasteiger partial charge in [-0.3, -0.25) is 14.7 Å². The normalized spacial score (nSPS) is 11.0. The highest BCUT2D eigenvalue weighted by molar-refractivity contribution is 7.98. The molecule has 0 unspecified atom stereocenters. The molecule has 2 heterocycles. The summed E-state index contributed by atoms with van der Waals surface area (Å²) in [5.74, 6) is -0.592. The molecule has 0 spiro atoms. The van der Waals surface area contributed by atoms with Gasteiger partial charge in [0.05, 0.1) is 11.8 Å². The maximum atomic E-state index is 13.3. The number of aromatic amines is 1. The van der Waals surface area contributed by atoms with Crippen molar-refractivity contribution in [3.8, 4) is 0 Å². The van der Waals surface area contributed by atoms with Crippen molar-refractivity contribution >= 4 is 46.1 Å². The first kappa shape index (κ1) is 23.3. The minimum absolute atomic E-state index is 0.325. The highest BCUT2D eigenvalue weighted by Crippen LogP contribution is 2.28. The molecule has 34 heavy (non-hydrogen) atoms. The van der Waals surface area contributed by atoms with Crippen molar-refractivity contribution < 1.29 is 14.0 Å². The maximum Gasteiger partial charge on any atom is 0.274 e. The number of carbonyl (C=O) groups excluding carboxylic acids is 2. The molecule has 0 aliphatic carbocycles. The van der Waals surface area contributed by atoms with Gasteiger partial charge in [0.1, 0.15) is 17.1 Å². The number of nitrogens with zero attached hydrogens (tertiary/aromatic N) is 3. The Bertz CT molecular complexity index is 1340. The topological polar surface area (TPSA) is 112 Å². The van der Waals surface area contributed by atoms with E-state index in [2.05, 4.69) is 31.0 Å². The number of hydrazone groups is 1. The second-order valence-electron chi connectivity index (χ2n) is 7.10. The second kappa shape index (κ2) is 10.9. The Hall–Kier alpha value is -3.83. The van der Waals surface area contributed by atoms with Gasteiger partial charge in [-0.25, -0.2) is 14.8 Å². The van der Waals surface area contributed by atoms with Crippen molar-refractivity contribution in [2.24, 2.45) is 5.10 Å². The lowest BCUT2D eigenvalue weighted by molar-refractivity contribution is 0.0956. The van der Waals surface area contributed by atoms with E-state index in [1.165, 1.54) is 47.8 Å². The molecule has 11 heteroatoms. The predicted molar refractivity (Wildman–Crippen MR) is 131 cm³/mol. The van der Waals surface area contributed by atoms with Crippen molar-refractivity contribution in [2.75, 3.05) is 5.32 Å². The number of aromatic nitrogens is 3. The molecular formula is C23H19FN6O2S2. The number of thiophene rings is 1. The lowest BCUT2D eigenvalue weighted by Gasteiger charge is -2.08. The fraction of sp³-hybridized carbons (Fsp3) is 0.0870. The summed E-state index contributed by atoms with van der Waals surface area (Å²) in [6.45, 7) is 1.78. The maximum absolute atomic E-state index is 13.3. The van der Waals surface area contributed by atoms with Gasteiger partial charge >= 0.3 is 0 Å². The minimum atomic E-state index is -0.474. The molecule has 0 radical (unpaired) electrons. The smallest absolute Gasteiger partial charge is 0.274 e. The van der Waals surface area contributed by atoms with Crippen LogP contribution in [0.2, 0.25) is 0 Å². The van der Waals surface area contributed by atoms with Gasteiger partial charge in [0.25, 0.3) is 11.8 Å². The fourth-order valence-electron chi connectivity index (χ4n) is 3.02. The van der Waals surface area contributed by atoms with Crippen molar-refractivity contribution in [3.05, 3.63) is 93.9 Å². The Kier molecular flexibility index (Phi) is 7.45. The number of aryl methyl sites for hydroxylation is 1. The van der Waals surface area contributed by atoms with Gasteiger partial charge < -0.3 is 5.32 Å². The van der Waals surface area contributed by atoms with Gasteiger partial charge in [-0.1, -0.05) is 36.0 Å². The lowest BCUT2D eigenvalue weighted by Crippen LogP contribution is -2.21. The van der Waals surface area contributed by atoms with Gasteiger partial charge in [-0.05, 0) is 53.3 Å². The summed E-state index contributed by atoms with van der Waals surface area (Å²) in [4.78, 5) is 29.7. The van der Waals surface area contributed by atoms with Gasteiger partial charge in [-0.2, -0.15) is 5.10 Å². The number of thioether (sulfide) groups is 1. The van der Waals surface area contributed by atoms with Gasteiger partial charge in [-0.15, -0.1) is 16.4 Å². The van der Waals surface area contributed by atoms with Crippen molar-refractivity contribution in [1.82, 2.24) is 20.6 Å². The molecule has 4 rings (SSSR count). The highest BCUT2D eigenvalue weighted by Gasteiger charge is 2.19. The first-order chi connectivity index (χ1) is 16.5. The summed E-state index contributed by atoms with van der Waals surface area (Å²) in [5, 5.41) is 16.2. The number of benzene rings is 2. The Labute approximate surface area is 202 Å². The van der Waals surface area contributed by atoms with E-state index in [1.807, 2.05) is 6.07 Å². The van der Waals surface area contributed by atoms with Crippen LogP contribution in [-0.2, 0) is 5.75 Å². The average molecular weight is 495 g/mol. The number of rotatable bonds is 8. The van der Waals surface area contributed by atoms with Crippen LogP contribution in [0, 0.1) is 12.7 Å². The van der Waals surface area contributed by atoms with E-state index in [-0.39, 0.29) is 5.91 Å². The first-order valence-corrected chi connectivity index (χ1v) is 11.9. The van der Waals surface area contributed by atoms with Crippen LogP contribution < -0.4 is 10.7 Å². The zero-order chi connectivity index (χ0) is 23.9. The number of amides is 2.